The van der Waals surface area contributed by atoms with Crippen LogP contribution in [0.1, 0.15) is 32.3 Å². The largest absolute Gasteiger partial charge is 0.325 e. The van der Waals surface area contributed by atoms with Crippen molar-refractivity contribution in [3.63, 3.8) is 0 Å². The average Bonchev–Trinajstić information content (AvgIpc) is 3.44. The van der Waals surface area contributed by atoms with Crippen LogP contribution in [0.2, 0.25) is 5.02 Å². The molecule has 0 aliphatic heterocycles. The smallest absolute Gasteiger partial charge is 0.243 e. The van der Waals surface area contributed by atoms with Crippen LogP contribution in [-0.2, 0) is 20.2 Å². The van der Waals surface area contributed by atoms with Crippen molar-refractivity contribution < 1.29 is 13.2 Å². The predicted molar refractivity (Wildman–Crippen MR) is 108 cm³/mol. The highest BCUT2D eigenvalue weighted by Crippen LogP contribution is 2.49. The third-order valence-electron chi connectivity index (χ3n) is 5.10. The SMILES string of the molecule is CC(C)N(C)S(=O)(=O)c1ccc(NC(=O)C2(c3ccc(Cl)cc3)CC2)cc1. The molecule has 1 saturated carbocycles. The fraction of sp³-hybridized carbons (Fsp3) is 0.350. The lowest BCUT2D eigenvalue weighted by Gasteiger charge is -2.21. The number of benzene rings is 2. The molecule has 5 nitrogen and oxygen atoms in total. The summed E-state index contributed by atoms with van der Waals surface area (Å²) >= 11 is 5.93. The number of anilines is 1. The Morgan fingerprint density at radius 3 is 2.11 bits per heavy atom. The van der Waals surface area contributed by atoms with Crippen molar-refractivity contribution in [2.75, 3.05) is 12.4 Å². The van der Waals surface area contributed by atoms with E-state index in [0.29, 0.717) is 10.7 Å². The molecule has 144 valence electrons. The van der Waals surface area contributed by atoms with Gasteiger partial charge in [0.1, 0.15) is 0 Å². The molecule has 0 radical (unpaired) electrons. The summed E-state index contributed by atoms with van der Waals surface area (Å²) in [6.45, 7) is 3.63. The molecule has 0 saturated heterocycles. The van der Waals surface area contributed by atoms with E-state index in [-0.39, 0.29) is 16.8 Å². The number of halogens is 1. The number of rotatable bonds is 6. The van der Waals surface area contributed by atoms with Crippen molar-refractivity contribution in [2.24, 2.45) is 0 Å². The summed E-state index contributed by atoms with van der Waals surface area (Å²) in [7, 11) is -1.98. The monoisotopic (exact) mass is 406 g/mol. The Hall–Kier alpha value is -1.89. The number of carbonyl (C=O) groups is 1. The van der Waals surface area contributed by atoms with Crippen LogP contribution < -0.4 is 5.32 Å². The summed E-state index contributed by atoms with van der Waals surface area (Å²) in [5.74, 6) is -0.0836. The Balaban J connectivity index is 1.75. The van der Waals surface area contributed by atoms with E-state index < -0.39 is 15.4 Å². The molecule has 1 fully saturated rings. The summed E-state index contributed by atoms with van der Waals surface area (Å²) in [4.78, 5) is 13.0. The van der Waals surface area contributed by atoms with Crippen LogP contribution in [0.5, 0.6) is 0 Å². The molecule has 1 aliphatic carbocycles. The molecule has 27 heavy (non-hydrogen) atoms. The highest BCUT2D eigenvalue weighted by molar-refractivity contribution is 7.89. The quantitative estimate of drug-likeness (QED) is 0.787. The van der Waals surface area contributed by atoms with Gasteiger partial charge < -0.3 is 5.32 Å². The molecule has 0 heterocycles. The summed E-state index contributed by atoms with van der Waals surface area (Å²) in [6.07, 6.45) is 1.57. The van der Waals surface area contributed by atoms with Crippen LogP contribution in [-0.4, -0.2) is 31.7 Å². The van der Waals surface area contributed by atoms with Gasteiger partial charge in [-0.05, 0) is 68.7 Å². The van der Waals surface area contributed by atoms with E-state index in [4.69, 9.17) is 11.6 Å². The maximum absolute atomic E-state index is 12.8. The maximum atomic E-state index is 12.8. The molecule has 0 atom stereocenters. The van der Waals surface area contributed by atoms with Crippen molar-refractivity contribution in [1.29, 1.82) is 0 Å². The minimum atomic E-state index is -3.54. The second-order valence-electron chi connectivity index (χ2n) is 7.18. The zero-order chi connectivity index (χ0) is 19.8. The van der Waals surface area contributed by atoms with E-state index in [1.807, 2.05) is 26.0 Å². The van der Waals surface area contributed by atoms with Crippen LogP contribution in [0.25, 0.3) is 0 Å². The fourth-order valence-electron chi connectivity index (χ4n) is 2.95. The van der Waals surface area contributed by atoms with Gasteiger partial charge in [-0.15, -0.1) is 0 Å². The highest BCUT2D eigenvalue weighted by atomic mass is 35.5. The minimum absolute atomic E-state index is 0.0836. The normalized spacial score (nSPS) is 15.8. The zero-order valence-corrected chi connectivity index (χ0v) is 17.1. The Bertz CT molecular complexity index is 934. The molecule has 3 rings (SSSR count). The Kier molecular flexibility index (Phi) is 5.34. The predicted octanol–water partition coefficient (Wildman–Crippen LogP) is 4.04. The summed E-state index contributed by atoms with van der Waals surface area (Å²) in [6, 6.07) is 13.5. The average molecular weight is 407 g/mol. The Labute approximate surface area is 165 Å². The van der Waals surface area contributed by atoms with Gasteiger partial charge in [-0.25, -0.2) is 8.42 Å². The van der Waals surface area contributed by atoms with Gasteiger partial charge in [-0.2, -0.15) is 4.31 Å². The van der Waals surface area contributed by atoms with E-state index in [1.165, 1.54) is 16.4 Å². The van der Waals surface area contributed by atoms with Crippen LogP contribution in [0, 0.1) is 0 Å². The van der Waals surface area contributed by atoms with Crippen molar-refractivity contribution in [3.05, 3.63) is 59.1 Å². The molecule has 2 aromatic rings. The molecule has 1 aliphatic rings. The van der Waals surface area contributed by atoms with Gasteiger partial charge in [0.15, 0.2) is 0 Å². The van der Waals surface area contributed by atoms with E-state index >= 15 is 0 Å². The molecular formula is C20H23ClN2O3S. The van der Waals surface area contributed by atoms with Gasteiger partial charge in [0, 0.05) is 23.8 Å². The molecule has 0 unspecified atom stereocenters. The number of carbonyl (C=O) groups excluding carboxylic acids is 1. The van der Waals surface area contributed by atoms with Gasteiger partial charge in [0.05, 0.1) is 10.3 Å². The number of hydrogen-bond acceptors (Lipinski definition) is 3. The zero-order valence-electron chi connectivity index (χ0n) is 15.6. The highest BCUT2D eigenvalue weighted by Gasteiger charge is 2.51. The van der Waals surface area contributed by atoms with E-state index in [2.05, 4.69) is 5.32 Å². The van der Waals surface area contributed by atoms with E-state index in [1.54, 1.807) is 31.3 Å². The molecule has 7 heteroatoms. The van der Waals surface area contributed by atoms with Crippen LogP contribution >= 0.6 is 11.6 Å². The van der Waals surface area contributed by atoms with Gasteiger partial charge in [-0.1, -0.05) is 23.7 Å². The van der Waals surface area contributed by atoms with Crippen LogP contribution in [0.3, 0.4) is 0 Å². The number of nitrogens with zero attached hydrogens (tertiary/aromatic N) is 1. The molecule has 2 aromatic carbocycles. The number of amides is 1. The summed E-state index contributed by atoms with van der Waals surface area (Å²) in [5, 5.41) is 3.55. The van der Waals surface area contributed by atoms with E-state index in [0.717, 1.165) is 18.4 Å². The third-order valence-corrected chi connectivity index (χ3v) is 7.40. The first-order valence-corrected chi connectivity index (χ1v) is 10.6. The molecule has 0 bridgehead atoms. The number of sulfonamides is 1. The minimum Gasteiger partial charge on any atom is -0.325 e. The van der Waals surface area contributed by atoms with Crippen molar-refractivity contribution >= 4 is 33.2 Å². The second-order valence-corrected chi connectivity index (χ2v) is 9.62. The Morgan fingerprint density at radius 2 is 1.63 bits per heavy atom. The van der Waals surface area contributed by atoms with E-state index in [9.17, 15) is 13.2 Å². The molecule has 0 aromatic heterocycles. The second kappa shape index (κ2) is 7.26. The molecule has 1 N–H and O–H groups in total. The molecular weight excluding hydrogens is 384 g/mol. The standard InChI is InChI=1S/C20H23ClN2O3S/c1-14(2)23(3)27(25,26)18-10-8-17(9-11-18)22-19(24)20(12-13-20)15-4-6-16(21)7-5-15/h4-11,14H,12-13H2,1-3H3,(H,22,24). The van der Waals surface area contributed by atoms with Crippen LogP contribution in [0.4, 0.5) is 5.69 Å². The van der Waals surface area contributed by atoms with Crippen LogP contribution in [0.15, 0.2) is 53.4 Å². The number of hydrogen-bond donors (Lipinski definition) is 1. The third kappa shape index (κ3) is 3.88. The molecule has 1 amide bonds. The lowest BCUT2D eigenvalue weighted by atomic mass is 9.95. The first-order valence-electron chi connectivity index (χ1n) is 8.82. The van der Waals surface area contributed by atoms with Gasteiger partial charge in [0.2, 0.25) is 15.9 Å². The van der Waals surface area contributed by atoms with Crippen molar-refractivity contribution in [2.45, 2.75) is 43.0 Å². The van der Waals surface area contributed by atoms with Gasteiger partial charge in [-0.3, -0.25) is 4.79 Å². The summed E-state index contributed by atoms with van der Waals surface area (Å²) in [5.41, 5.74) is 1.00. The lowest BCUT2D eigenvalue weighted by molar-refractivity contribution is -0.118. The first-order chi connectivity index (χ1) is 12.7. The molecule has 0 spiro atoms. The van der Waals surface area contributed by atoms with Gasteiger partial charge in [0.25, 0.3) is 0 Å². The fourth-order valence-corrected chi connectivity index (χ4v) is 4.44. The lowest BCUT2D eigenvalue weighted by Crippen LogP contribution is -2.33. The van der Waals surface area contributed by atoms with Crippen molar-refractivity contribution in [3.8, 4) is 0 Å². The Morgan fingerprint density at radius 1 is 1.07 bits per heavy atom. The maximum Gasteiger partial charge on any atom is 0.243 e. The first kappa shape index (κ1) is 19.9. The van der Waals surface area contributed by atoms with Gasteiger partial charge >= 0.3 is 0 Å². The summed E-state index contributed by atoms with van der Waals surface area (Å²) < 4.78 is 26.4. The van der Waals surface area contributed by atoms with Crippen molar-refractivity contribution in [1.82, 2.24) is 4.31 Å². The topological polar surface area (TPSA) is 66.5 Å². The number of nitrogens with one attached hydrogen (secondary N) is 1.